The van der Waals surface area contributed by atoms with Crippen LogP contribution in [0.5, 0.6) is 0 Å². The van der Waals surface area contributed by atoms with Crippen LogP contribution in [0.3, 0.4) is 0 Å². The first-order chi connectivity index (χ1) is 14.1. The molecule has 29 heavy (non-hydrogen) atoms. The highest BCUT2D eigenvalue weighted by atomic mass is 16.4. The average molecular weight is 382 g/mol. The van der Waals surface area contributed by atoms with Crippen LogP contribution in [0.25, 0.3) is 21.9 Å². The summed E-state index contributed by atoms with van der Waals surface area (Å²) in [6.45, 7) is 0. The van der Waals surface area contributed by atoms with Gasteiger partial charge in [0, 0.05) is 0 Å². The normalized spacial score (nSPS) is 30.1. The van der Waals surface area contributed by atoms with Gasteiger partial charge in [-0.05, 0) is 94.6 Å². The summed E-state index contributed by atoms with van der Waals surface area (Å²) in [6, 6.07) is 21.3. The fourth-order valence-corrected chi connectivity index (χ4v) is 7.20. The monoisotopic (exact) mass is 382 g/mol. The van der Waals surface area contributed by atoms with E-state index in [9.17, 15) is 10.0 Å². The van der Waals surface area contributed by atoms with E-state index < -0.39 is 7.12 Å². The van der Waals surface area contributed by atoms with E-state index >= 15 is 0 Å². The standard InChI is InChI=1S/C26H27BO2/c28-27(29)23-12-21(25-7-3-5-20-4-1-2-6-24(20)25)11-22(13-23)26-14-17-8-18(15-26)10-19(9-17)16-26/h1-7,11-13,17-19,28-29H,8-10,14-16H2. The molecule has 0 atom stereocenters. The molecule has 0 spiro atoms. The molecule has 2 nitrogen and oxygen atoms in total. The van der Waals surface area contributed by atoms with Crippen molar-refractivity contribution < 1.29 is 10.0 Å². The summed E-state index contributed by atoms with van der Waals surface area (Å²) >= 11 is 0. The predicted octanol–water partition coefficient (Wildman–Crippen LogP) is 4.65. The Bertz CT molecular complexity index is 1050. The lowest BCUT2D eigenvalue weighted by Gasteiger charge is -2.57. The zero-order valence-corrected chi connectivity index (χ0v) is 16.7. The Labute approximate surface area is 172 Å². The lowest BCUT2D eigenvalue weighted by molar-refractivity contribution is -0.00513. The molecule has 0 radical (unpaired) electrons. The van der Waals surface area contributed by atoms with Crippen LogP contribution in [0.15, 0.2) is 60.7 Å². The SMILES string of the molecule is OB(O)c1cc(-c2cccc3ccccc23)cc(C23CC4CC(CC(C4)C2)C3)c1. The number of rotatable bonds is 3. The summed E-state index contributed by atoms with van der Waals surface area (Å²) in [6.07, 6.45) is 8.07. The zero-order valence-electron chi connectivity index (χ0n) is 16.7. The van der Waals surface area contributed by atoms with Gasteiger partial charge in [0.15, 0.2) is 0 Å². The minimum absolute atomic E-state index is 0.235. The first kappa shape index (κ1) is 17.7. The summed E-state index contributed by atoms with van der Waals surface area (Å²) < 4.78 is 0. The van der Waals surface area contributed by atoms with Crippen molar-refractivity contribution in [3.8, 4) is 11.1 Å². The van der Waals surface area contributed by atoms with Gasteiger partial charge in [-0.3, -0.25) is 0 Å². The van der Waals surface area contributed by atoms with E-state index in [-0.39, 0.29) is 5.41 Å². The molecule has 0 amide bonds. The third kappa shape index (κ3) is 2.86. The van der Waals surface area contributed by atoms with E-state index in [1.165, 1.54) is 60.4 Å². The molecule has 0 heterocycles. The van der Waals surface area contributed by atoms with Crippen molar-refractivity contribution in [3.63, 3.8) is 0 Å². The van der Waals surface area contributed by atoms with E-state index in [1.807, 2.05) is 6.07 Å². The third-order valence-electron chi connectivity index (χ3n) is 8.00. The van der Waals surface area contributed by atoms with Crippen molar-refractivity contribution >= 4 is 23.4 Å². The Hall–Kier alpha value is -2.10. The summed E-state index contributed by atoms with van der Waals surface area (Å²) in [5.74, 6) is 2.60. The van der Waals surface area contributed by atoms with Gasteiger partial charge >= 0.3 is 7.12 Å². The van der Waals surface area contributed by atoms with Gasteiger partial charge in [0.05, 0.1) is 0 Å². The maximum Gasteiger partial charge on any atom is 0.488 e. The molecule has 2 N–H and O–H groups in total. The van der Waals surface area contributed by atoms with Crippen LogP contribution in [0.2, 0.25) is 0 Å². The number of benzene rings is 3. The Balaban J connectivity index is 1.53. The lowest BCUT2D eigenvalue weighted by Crippen LogP contribution is -2.49. The molecule has 4 fully saturated rings. The van der Waals surface area contributed by atoms with Crippen LogP contribution in [0, 0.1) is 17.8 Å². The first-order valence-electron chi connectivity index (χ1n) is 11.1. The molecular formula is C26H27BO2. The topological polar surface area (TPSA) is 40.5 Å². The molecule has 4 saturated carbocycles. The van der Waals surface area contributed by atoms with Crippen molar-refractivity contribution in [2.24, 2.45) is 17.8 Å². The number of fused-ring (bicyclic) bond motifs is 1. The van der Waals surface area contributed by atoms with E-state index in [0.717, 1.165) is 23.3 Å². The number of hydrogen-bond acceptors (Lipinski definition) is 2. The second kappa shape index (κ2) is 6.45. The van der Waals surface area contributed by atoms with Crippen LogP contribution >= 0.6 is 0 Å². The van der Waals surface area contributed by atoms with Crippen LogP contribution in [0.1, 0.15) is 44.1 Å². The molecule has 3 aromatic rings. The summed E-state index contributed by atoms with van der Waals surface area (Å²) in [4.78, 5) is 0. The van der Waals surface area contributed by atoms with E-state index in [1.54, 1.807) is 0 Å². The van der Waals surface area contributed by atoms with Crippen LogP contribution in [-0.2, 0) is 5.41 Å². The molecule has 0 unspecified atom stereocenters. The van der Waals surface area contributed by atoms with Crippen molar-refractivity contribution in [1.29, 1.82) is 0 Å². The Morgan fingerprint density at radius 1 is 0.759 bits per heavy atom. The van der Waals surface area contributed by atoms with Crippen molar-refractivity contribution in [1.82, 2.24) is 0 Å². The summed E-state index contributed by atoms with van der Waals surface area (Å²) in [7, 11) is -1.43. The van der Waals surface area contributed by atoms with Gasteiger partial charge in [-0.2, -0.15) is 0 Å². The Kier molecular flexibility index (Phi) is 3.95. The highest BCUT2D eigenvalue weighted by Gasteiger charge is 2.51. The highest BCUT2D eigenvalue weighted by Crippen LogP contribution is 2.60. The average Bonchev–Trinajstić information content (AvgIpc) is 2.72. The van der Waals surface area contributed by atoms with Gasteiger partial charge in [0.25, 0.3) is 0 Å². The van der Waals surface area contributed by atoms with Crippen molar-refractivity contribution in [2.45, 2.75) is 43.9 Å². The maximum atomic E-state index is 10.1. The van der Waals surface area contributed by atoms with E-state index in [0.29, 0.717) is 5.46 Å². The summed E-state index contributed by atoms with van der Waals surface area (Å²) in [5, 5.41) is 22.6. The molecule has 3 heteroatoms. The van der Waals surface area contributed by atoms with Crippen LogP contribution < -0.4 is 5.46 Å². The van der Waals surface area contributed by atoms with E-state index in [4.69, 9.17) is 0 Å². The molecule has 3 aromatic carbocycles. The smallest absolute Gasteiger partial charge is 0.423 e. The molecule has 146 valence electrons. The van der Waals surface area contributed by atoms with Gasteiger partial charge in [-0.25, -0.2) is 0 Å². The Morgan fingerprint density at radius 2 is 1.41 bits per heavy atom. The van der Waals surface area contributed by atoms with Gasteiger partial charge in [-0.15, -0.1) is 0 Å². The molecule has 4 aliphatic carbocycles. The minimum Gasteiger partial charge on any atom is -0.423 e. The van der Waals surface area contributed by atoms with Crippen LogP contribution in [0.4, 0.5) is 0 Å². The van der Waals surface area contributed by atoms with Gasteiger partial charge in [0.2, 0.25) is 0 Å². The second-order valence-electron chi connectivity index (χ2n) is 9.94. The summed E-state index contributed by atoms with van der Waals surface area (Å²) in [5.41, 5.74) is 4.49. The van der Waals surface area contributed by atoms with Crippen molar-refractivity contribution in [2.75, 3.05) is 0 Å². The Morgan fingerprint density at radius 3 is 2.10 bits per heavy atom. The fourth-order valence-electron chi connectivity index (χ4n) is 7.20. The van der Waals surface area contributed by atoms with E-state index in [2.05, 4.69) is 54.6 Å². The molecule has 0 saturated heterocycles. The largest absolute Gasteiger partial charge is 0.488 e. The van der Waals surface area contributed by atoms with Crippen molar-refractivity contribution in [3.05, 3.63) is 66.2 Å². The van der Waals surface area contributed by atoms with Gasteiger partial charge < -0.3 is 10.0 Å². The van der Waals surface area contributed by atoms with Gasteiger partial charge in [-0.1, -0.05) is 60.7 Å². The maximum absolute atomic E-state index is 10.1. The quantitative estimate of drug-likeness (QED) is 0.647. The second-order valence-corrected chi connectivity index (χ2v) is 9.94. The molecular weight excluding hydrogens is 355 g/mol. The predicted molar refractivity (Wildman–Crippen MR) is 119 cm³/mol. The molecule has 7 rings (SSSR count). The molecule has 4 aliphatic rings. The third-order valence-corrected chi connectivity index (χ3v) is 8.00. The first-order valence-corrected chi connectivity index (χ1v) is 11.1. The van der Waals surface area contributed by atoms with Crippen LogP contribution in [-0.4, -0.2) is 17.2 Å². The number of hydrogen-bond donors (Lipinski definition) is 2. The molecule has 4 bridgehead atoms. The minimum atomic E-state index is -1.43. The highest BCUT2D eigenvalue weighted by molar-refractivity contribution is 6.58. The van der Waals surface area contributed by atoms with Gasteiger partial charge in [0.1, 0.15) is 0 Å². The fraction of sp³-hybridized carbons (Fsp3) is 0.385. The molecule has 0 aliphatic heterocycles. The zero-order chi connectivity index (χ0) is 19.6. The lowest BCUT2D eigenvalue weighted by atomic mass is 9.47. The molecule has 0 aromatic heterocycles.